The Morgan fingerprint density at radius 1 is 1.35 bits per heavy atom. The Kier molecular flexibility index (Phi) is 2.91. The van der Waals surface area contributed by atoms with Crippen LogP contribution in [0.4, 0.5) is 0 Å². The zero-order valence-electron chi connectivity index (χ0n) is 10.4. The molecule has 0 N–H and O–H groups in total. The molecule has 1 heterocycles. The average Bonchev–Trinajstić information content (AvgIpc) is 2.54. The summed E-state index contributed by atoms with van der Waals surface area (Å²) in [5, 5.41) is 0.955. The lowest BCUT2D eigenvalue weighted by atomic mass is 10.1. The smallest absolute Gasteiger partial charge is 0.340 e. The van der Waals surface area contributed by atoms with Gasteiger partial charge in [0.2, 0.25) is 0 Å². The highest BCUT2D eigenvalue weighted by Crippen LogP contribution is 2.25. The van der Waals surface area contributed by atoms with E-state index < -0.39 is 5.60 Å². The van der Waals surface area contributed by atoms with Gasteiger partial charge in [0, 0.05) is 0 Å². The first-order valence-electron chi connectivity index (χ1n) is 5.46. The number of carbonyl (C=O) groups is 1. The molecule has 4 heteroatoms. The SMILES string of the molecule is Cc1nc2c(C(=O)OC(C)(C)C)cccc2s1. The molecule has 0 atom stereocenters. The van der Waals surface area contributed by atoms with Crippen molar-refractivity contribution in [3.05, 3.63) is 28.8 Å². The lowest BCUT2D eigenvalue weighted by molar-refractivity contribution is 0.00717. The maximum atomic E-state index is 12.0. The number of fused-ring (bicyclic) bond motifs is 1. The van der Waals surface area contributed by atoms with Gasteiger partial charge in [0.25, 0.3) is 0 Å². The van der Waals surface area contributed by atoms with E-state index in [-0.39, 0.29) is 5.97 Å². The van der Waals surface area contributed by atoms with Crippen molar-refractivity contribution in [1.82, 2.24) is 4.98 Å². The molecule has 0 saturated carbocycles. The van der Waals surface area contributed by atoms with Crippen LogP contribution < -0.4 is 0 Å². The molecular formula is C13H15NO2S. The molecule has 2 rings (SSSR count). The van der Waals surface area contributed by atoms with Crippen LogP contribution >= 0.6 is 11.3 Å². The number of thiazole rings is 1. The highest BCUT2D eigenvalue weighted by molar-refractivity contribution is 7.18. The standard InChI is InChI=1S/C13H15NO2S/c1-8-14-11-9(6-5-7-10(11)17-8)12(15)16-13(2,3)4/h5-7H,1-4H3. The van der Waals surface area contributed by atoms with E-state index in [1.54, 1.807) is 17.4 Å². The molecule has 0 aliphatic carbocycles. The topological polar surface area (TPSA) is 39.2 Å². The van der Waals surface area contributed by atoms with Crippen molar-refractivity contribution < 1.29 is 9.53 Å². The maximum Gasteiger partial charge on any atom is 0.340 e. The average molecular weight is 249 g/mol. The van der Waals surface area contributed by atoms with Crippen molar-refractivity contribution in [1.29, 1.82) is 0 Å². The number of carbonyl (C=O) groups excluding carboxylic acids is 1. The molecular weight excluding hydrogens is 234 g/mol. The minimum Gasteiger partial charge on any atom is -0.456 e. The Bertz CT molecular complexity index is 566. The fourth-order valence-electron chi connectivity index (χ4n) is 1.56. The number of hydrogen-bond acceptors (Lipinski definition) is 4. The summed E-state index contributed by atoms with van der Waals surface area (Å²) in [7, 11) is 0. The van der Waals surface area contributed by atoms with Gasteiger partial charge >= 0.3 is 5.97 Å². The molecule has 1 aromatic heterocycles. The maximum absolute atomic E-state index is 12.0. The summed E-state index contributed by atoms with van der Waals surface area (Å²) in [6.07, 6.45) is 0. The molecule has 17 heavy (non-hydrogen) atoms. The predicted molar refractivity (Wildman–Crippen MR) is 69.5 cm³/mol. The van der Waals surface area contributed by atoms with Crippen LogP contribution in [0, 0.1) is 6.92 Å². The van der Waals surface area contributed by atoms with Crippen LogP contribution in [0.2, 0.25) is 0 Å². The van der Waals surface area contributed by atoms with Crippen molar-refractivity contribution in [2.75, 3.05) is 0 Å². The Morgan fingerprint density at radius 3 is 2.71 bits per heavy atom. The first kappa shape index (κ1) is 12.0. The highest BCUT2D eigenvalue weighted by atomic mass is 32.1. The van der Waals surface area contributed by atoms with Gasteiger partial charge in [-0.15, -0.1) is 11.3 Å². The van der Waals surface area contributed by atoms with E-state index in [9.17, 15) is 4.79 Å². The van der Waals surface area contributed by atoms with Gasteiger partial charge in [-0.05, 0) is 39.8 Å². The monoisotopic (exact) mass is 249 g/mol. The van der Waals surface area contributed by atoms with E-state index in [2.05, 4.69) is 4.98 Å². The summed E-state index contributed by atoms with van der Waals surface area (Å²) >= 11 is 1.58. The van der Waals surface area contributed by atoms with Gasteiger partial charge in [0.05, 0.1) is 20.8 Å². The van der Waals surface area contributed by atoms with E-state index >= 15 is 0 Å². The summed E-state index contributed by atoms with van der Waals surface area (Å²) in [6, 6.07) is 5.59. The van der Waals surface area contributed by atoms with Crippen molar-refractivity contribution in [3.8, 4) is 0 Å². The Hall–Kier alpha value is -1.42. The molecule has 3 nitrogen and oxygen atoms in total. The van der Waals surface area contributed by atoms with Gasteiger partial charge < -0.3 is 4.74 Å². The number of rotatable bonds is 1. The first-order chi connectivity index (χ1) is 7.87. The normalized spacial score (nSPS) is 11.8. The Morgan fingerprint density at radius 2 is 2.06 bits per heavy atom. The molecule has 0 spiro atoms. The largest absolute Gasteiger partial charge is 0.456 e. The minimum absolute atomic E-state index is 0.312. The van der Waals surface area contributed by atoms with E-state index in [0.29, 0.717) is 5.56 Å². The lowest BCUT2D eigenvalue weighted by Crippen LogP contribution is -2.24. The fraction of sp³-hybridized carbons (Fsp3) is 0.385. The summed E-state index contributed by atoms with van der Waals surface area (Å²) in [6.45, 7) is 7.51. The molecule has 0 amide bonds. The van der Waals surface area contributed by atoms with Gasteiger partial charge in [0.15, 0.2) is 0 Å². The van der Waals surface area contributed by atoms with Crippen LogP contribution in [0.25, 0.3) is 10.2 Å². The molecule has 2 aromatic rings. The molecule has 0 fully saturated rings. The van der Waals surface area contributed by atoms with Crippen molar-refractivity contribution >= 4 is 27.5 Å². The number of aromatic nitrogens is 1. The second kappa shape index (κ2) is 4.11. The fourth-order valence-corrected chi connectivity index (χ4v) is 2.41. The molecule has 0 aliphatic rings. The van der Waals surface area contributed by atoms with Gasteiger partial charge in [-0.2, -0.15) is 0 Å². The predicted octanol–water partition coefficient (Wildman–Crippen LogP) is 3.56. The number of aryl methyl sites for hydroxylation is 1. The van der Waals surface area contributed by atoms with Crippen LogP contribution in [-0.2, 0) is 4.74 Å². The third-order valence-corrected chi connectivity index (χ3v) is 3.08. The third-order valence-electron chi connectivity index (χ3n) is 2.14. The molecule has 0 aliphatic heterocycles. The van der Waals surface area contributed by atoms with E-state index in [4.69, 9.17) is 4.74 Å². The number of ether oxygens (including phenoxy) is 1. The van der Waals surface area contributed by atoms with Gasteiger partial charge in [-0.25, -0.2) is 9.78 Å². The van der Waals surface area contributed by atoms with Crippen LogP contribution in [0.15, 0.2) is 18.2 Å². The van der Waals surface area contributed by atoms with Crippen LogP contribution in [-0.4, -0.2) is 16.6 Å². The zero-order chi connectivity index (χ0) is 12.6. The van der Waals surface area contributed by atoms with Crippen molar-refractivity contribution in [2.24, 2.45) is 0 Å². The molecule has 0 unspecified atom stereocenters. The molecule has 0 radical (unpaired) electrons. The van der Waals surface area contributed by atoms with Crippen LogP contribution in [0.5, 0.6) is 0 Å². The van der Waals surface area contributed by atoms with E-state index in [1.807, 2.05) is 39.8 Å². The van der Waals surface area contributed by atoms with Gasteiger partial charge in [0.1, 0.15) is 5.60 Å². The van der Waals surface area contributed by atoms with Crippen LogP contribution in [0.1, 0.15) is 36.1 Å². The molecule has 0 bridgehead atoms. The van der Waals surface area contributed by atoms with E-state index in [0.717, 1.165) is 15.2 Å². The van der Waals surface area contributed by atoms with Gasteiger partial charge in [-0.3, -0.25) is 0 Å². The first-order valence-corrected chi connectivity index (χ1v) is 6.28. The van der Waals surface area contributed by atoms with Crippen molar-refractivity contribution in [2.45, 2.75) is 33.3 Å². The number of para-hydroxylation sites is 1. The molecule has 1 aromatic carbocycles. The quantitative estimate of drug-likeness (QED) is 0.725. The zero-order valence-corrected chi connectivity index (χ0v) is 11.2. The second-order valence-electron chi connectivity index (χ2n) is 4.89. The lowest BCUT2D eigenvalue weighted by Gasteiger charge is -2.19. The Labute approximate surface area is 104 Å². The summed E-state index contributed by atoms with van der Waals surface area (Å²) in [5.74, 6) is -0.312. The van der Waals surface area contributed by atoms with Crippen LogP contribution in [0.3, 0.4) is 0 Å². The van der Waals surface area contributed by atoms with E-state index in [1.165, 1.54) is 0 Å². The van der Waals surface area contributed by atoms with Crippen molar-refractivity contribution in [3.63, 3.8) is 0 Å². The number of esters is 1. The second-order valence-corrected chi connectivity index (χ2v) is 6.12. The van der Waals surface area contributed by atoms with Gasteiger partial charge in [-0.1, -0.05) is 6.07 Å². The summed E-state index contributed by atoms with van der Waals surface area (Å²) in [4.78, 5) is 16.4. The number of hydrogen-bond donors (Lipinski definition) is 0. The number of nitrogens with zero attached hydrogens (tertiary/aromatic N) is 1. The Balaban J connectivity index is 2.45. The summed E-state index contributed by atoms with van der Waals surface area (Å²) in [5.41, 5.74) is 0.802. The molecule has 0 saturated heterocycles. The summed E-state index contributed by atoms with van der Waals surface area (Å²) < 4.78 is 6.39. The highest BCUT2D eigenvalue weighted by Gasteiger charge is 2.20. The number of benzene rings is 1. The third kappa shape index (κ3) is 2.64. The minimum atomic E-state index is -0.482. The molecule has 90 valence electrons.